The second-order valence-electron chi connectivity index (χ2n) is 5.59. The Kier molecular flexibility index (Phi) is 4.40. The summed E-state index contributed by atoms with van der Waals surface area (Å²) in [6.07, 6.45) is 8.88. The highest BCUT2D eigenvalue weighted by Crippen LogP contribution is 2.35. The van der Waals surface area contributed by atoms with E-state index >= 15 is 0 Å². The summed E-state index contributed by atoms with van der Waals surface area (Å²) >= 11 is 0. The van der Waals surface area contributed by atoms with Gasteiger partial charge in [0.25, 0.3) is 0 Å². The van der Waals surface area contributed by atoms with Crippen molar-refractivity contribution < 1.29 is 4.79 Å². The Morgan fingerprint density at radius 1 is 1.24 bits per heavy atom. The van der Waals surface area contributed by atoms with Crippen LogP contribution in [0.4, 0.5) is 0 Å². The van der Waals surface area contributed by atoms with Crippen LogP contribution in [0, 0.1) is 5.92 Å². The van der Waals surface area contributed by atoms with Gasteiger partial charge in [-0.2, -0.15) is 0 Å². The summed E-state index contributed by atoms with van der Waals surface area (Å²) in [5.41, 5.74) is 10.9. The van der Waals surface area contributed by atoms with Crippen LogP contribution in [0.1, 0.15) is 44.9 Å². The van der Waals surface area contributed by atoms with E-state index in [4.69, 9.17) is 11.5 Å². The molecule has 1 saturated carbocycles. The second kappa shape index (κ2) is 5.83. The number of likely N-dealkylation sites (tertiary alicyclic amines) is 1. The highest BCUT2D eigenvalue weighted by Gasteiger charge is 2.32. The lowest BCUT2D eigenvalue weighted by atomic mass is 9.78. The molecule has 98 valence electrons. The first kappa shape index (κ1) is 12.8. The molecule has 0 aromatic rings. The summed E-state index contributed by atoms with van der Waals surface area (Å²) in [5, 5.41) is 0. The van der Waals surface area contributed by atoms with Gasteiger partial charge in [-0.25, -0.2) is 0 Å². The van der Waals surface area contributed by atoms with Gasteiger partial charge in [-0.15, -0.1) is 0 Å². The molecule has 2 rings (SSSR count). The number of hydrogen-bond acceptors (Lipinski definition) is 3. The molecule has 2 fully saturated rings. The van der Waals surface area contributed by atoms with E-state index < -0.39 is 6.04 Å². The van der Waals surface area contributed by atoms with Crippen molar-refractivity contribution in [3.8, 4) is 0 Å². The van der Waals surface area contributed by atoms with E-state index in [-0.39, 0.29) is 5.91 Å². The van der Waals surface area contributed by atoms with Crippen LogP contribution in [0.25, 0.3) is 0 Å². The normalized spacial score (nSPS) is 31.8. The molecule has 1 aliphatic heterocycles. The minimum absolute atomic E-state index is 0.373. The van der Waals surface area contributed by atoms with Crippen molar-refractivity contribution >= 4 is 5.91 Å². The quantitative estimate of drug-likeness (QED) is 0.763. The van der Waals surface area contributed by atoms with E-state index in [0.29, 0.717) is 6.42 Å². The average molecular weight is 239 g/mol. The summed E-state index contributed by atoms with van der Waals surface area (Å²) in [7, 11) is 0. The molecule has 0 aromatic heterocycles. The summed E-state index contributed by atoms with van der Waals surface area (Å²) in [5.74, 6) is 0.518. The number of primary amides is 1. The molecule has 4 heteroatoms. The van der Waals surface area contributed by atoms with Crippen LogP contribution in [0.15, 0.2) is 0 Å². The van der Waals surface area contributed by atoms with Crippen LogP contribution in [-0.2, 0) is 4.79 Å². The average Bonchev–Trinajstić information content (AvgIpc) is 2.35. The largest absolute Gasteiger partial charge is 0.368 e. The molecule has 2 aliphatic rings. The lowest BCUT2D eigenvalue weighted by Gasteiger charge is -2.44. The van der Waals surface area contributed by atoms with E-state index in [0.717, 1.165) is 18.5 Å². The Morgan fingerprint density at radius 3 is 2.71 bits per heavy atom. The van der Waals surface area contributed by atoms with Crippen LogP contribution in [0.2, 0.25) is 0 Å². The first-order chi connectivity index (χ1) is 8.18. The molecule has 1 amide bonds. The predicted octanol–water partition coefficient (Wildman–Crippen LogP) is 0.844. The lowest BCUT2D eigenvalue weighted by Crippen LogP contribution is -2.49. The van der Waals surface area contributed by atoms with Crippen molar-refractivity contribution in [1.82, 2.24) is 4.90 Å². The molecular weight excluding hydrogens is 214 g/mol. The first-order valence-electron chi connectivity index (χ1n) is 6.97. The van der Waals surface area contributed by atoms with Gasteiger partial charge in [-0.1, -0.05) is 12.8 Å². The minimum atomic E-state index is -0.473. The molecule has 0 aromatic carbocycles. The third-order valence-corrected chi connectivity index (χ3v) is 4.45. The van der Waals surface area contributed by atoms with Crippen molar-refractivity contribution in [2.75, 3.05) is 13.1 Å². The molecule has 4 N–H and O–H groups in total. The lowest BCUT2D eigenvalue weighted by molar-refractivity contribution is -0.119. The van der Waals surface area contributed by atoms with E-state index in [1.165, 1.54) is 45.1 Å². The molecule has 0 radical (unpaired) electrons. The zero-order valence-corrected chi connectivity index (χ0v) is 10.6. The summed E-state index contributed by atoms with van der Waals surface area (Å²) in [6, 6.07) is 0.275. The Hall–Kier alpha value is -0.610. The molecule has 1 saturated heterocycles. The molecule has 1 aliphatic carbocycles. The number of amides is 1. The number of rotatable bonds is 4. The van der Waals surface area contributed by atoms with E-state index in [1.54, 1.807) is 0 Å². The zero-order valence-electron chi connectivity index (χ0n) is 10.6. The fraction of sp³-hybridized carbons (Fsp3) is 0.923. The van der Waals surface area contributed by atoms with Crippen molar-refractivity contribution in [3.63, 3.8) is 0 Å². The highest BCUT2D eigenvalue weighted by atomic mass is 16.1. The Morgan fingerprint density at radius 2 is 1.94 bits per heavy atom. The van der Waals surface area contributed by atoms with Gasteiger partial charge >= 0.3 is 0 Å². The maximum atomic E-state index is 10.9. The van der Waals surface area contributed by atoms with Crippen molar-refractivity contribution in [2.24, 2.45) is 17.4 Å². The number of fused-ring (bicyclic) bond motifs is 1. The van der Waals surface area contributed by atoms with Gasteiger partial charge in [-0.05, 0) is 44.6 Å². The van der Waals surface area contributed by atoms with Crippen LogP contribution in [-0.4, -0.2) is 36.0 Å². The third kappa shape index (κ3) is 3.19. The second-order valence-corrected chi connectivity index (χ2v) is 5.59. The minimum Gasteiger partial charge on any atom is -0.368 e. The molecule has 1 heterocycles. The first-order valence-corrected chi connectivity index (χ1v) is 6.97. The standard InChI is InChI=1S/C13H25N3O/c14-11(13(15)17)7-9-16-8-3-5-10-4-1-2-6-12(10)16/h10-12H,1-9,14H2,(H2,15,17). The monoisotopic (exact) mass is 239 g/mol. The maximum absolute atomic E-state index is 10.9. The highest BCUT2D eigenvalue weighted by molar-refractivity contribution is 5.79. The van der Waals surface area contributed by atoms with Gasteiger partial charge in [0.15, 0.2) is 0 Å². The maximum Gasteiger partial charge on any atom is 0.234 e. The molecule has 3 unspecified atom stereocenters. The summed E-state index contributed by atoms with van der Waals surface area (Å²) < 4.78 is 0. The van der Waals surface area contributed by atoms with Crippen molar-refractivity contribution in [3.05, 3.63) is 0 Å². The van der Waals surface area contributed by atoms with E-state index in [9.17, 15) is 4.79 Å². The molecule has 4 nitrogen and oxygen atoms in total. The SMILES string of the molecule is NC(=O)C(N)CCN1CCCC2CCCCC21. The fourth-order valence-electron chi connectivity index (χ4n) is 3.45. The van der Waals surface area contributed by atoms with Gasteiger partial charge < -0.3 is 16.4 Å². The number of carbonyl (C=O) groups is 1. The number of hydrogen-bond donors (Lipinski definition) is 2. The Labute approximate surface area is 104 Å². The van der Waals surface area contributed by atoms with Crippen LogP contribution in [0.5, 0.6) is 0 Å². The number of nitrogens with two attached hydrogens (primary N) is 2. The molecule has 0 spiro atoms. The summed E-state index contributed by atoms with van der Waals surface area (Å²) in [4.78, 5) is 13.5. The fourth-order valence-corrected chi connectivity index (χ4v) is 3.45. The van der Waals surface area contributed by atoms with Crippen LogP contribution >= 0.6 is 0 Å². The predicted molar refractivity (Wildman–Crippen MR) is 68.3 cm³/mol. The van der Waals surface area contributed by atoms with E-state index in [2.05, 4.69) is 4.90 Å². The third-order valence-electron chi connectivity index (χ3n) is 4.45. The van der Waals surface area contributed by atoms with Gasteiger partial charge in [0.2, 0.25) is 5.91 Å². The molecular formula is C13H25N3O. The van der Waals surface area contributed by atoms with Gasteiger partial charge in [0.05, 0.1) is 6.04 Å². The summed E-state index contributed by atoms with van der Waals surface area (Å²) in [6.45, 7) is 2.11. The van der Waals surface area contributed by atoms with Crippen molar-refractivity contribution in [1.29, 1.82) is 0 Å². The molecule has 3 atom stereocenters. The van der Waals surface area contributed by atoms with Crippen molar-refractivity contribution in [2.45, 2.75) is 57.0 Å². The molecule has 0 bridgehead atoms. The Bertz CT molecular complexity index is 267. The topological polar surface area (TPSA) is 72.3 Å². The number of piperidine rings is 1. The number of nitrogens with zero attached hydrogens (tertiary/aromatic N) is 1. The van der Waals surface area contributed by atoms with Gasteiger partial charge in [0, 0.05) is 12.6 Å². The number of carbonyl (C=O) groups excluding carboxylic acids is 1. The van der Waals surface area contributed by atoms with E-state index in [1.807, 2.05) is 0 Å². The van der Waals surface area contributed by atoms with Gasteiger partial charge in [-0.3, -0.25) is 4.79 Å². The van der Waals surface area contributed by atoms with Gasteiger partial charge in [0.1, 0.15) is 0 Å². The zero-order chi connectivity index (χ0) is 12.3. The van der Waals surface area contributed by atoms with Crippen LogP contribution < -0.4 is 11.5 Å². The molecule has 17 heavy (non-hydrogen) atoms. The smallest absolute Gasteiger partial charge is 0.234 e. The van der Waals surface area contributed by atoms with Crippen LogP contribution in [0.3, 0.4) is 0 Å². The Balaban J connectivity index is 1.84.